The number of thiocarbonyl (C=S) groups is 1. The number of hydrogen-bond donors (Lipinski definition) is 4. The van der Waals surface area contributed by atoms with Crippen LogP contribution in [0.15, 0.2) is 36.4 Å². The number of nitrogens with one attached hydrogen (secondary N) is 2. The Bertz CT molecular complexity index is 1080. The highest BCUT2D eigenvalue weighted by Crippen LogP contribution is 2.46. The van der Waals surface area contributed by atoms with Crippen LogP contribution < -0.4 is 22.5 Å². The maximum atomic E-state index is 14.4. The zero-order valence-corrected chi connectivity index (χ0v) is 25.0. The molecular formula is C30H44N4O6S. The number of amides is 2. The average Bonchev–Trinajstić information content (AvgIpc) is 2.97. The van der Waals surface area contributed by atoms with E-state index in [0.717, 1.165) is 18.4 Å². The van der Waals surface area contributed by atoms with Gasteiger partial charge in [-0.25, -0.2) is 16.2 Å². The van der Waals surface area contributed by atoms with Crippen molar-refractivity contribution < 1.29 is 28.7 Å². The standard InChI is InChI=1S/C30H44N4O6S/c1-19(2)17-23(28(36)33-32)26(29(37)34-40-25-11-7-8-15-39-25)30(27(35)20(3)31,24-18-22(41)13-16-38-24)14-12-21-9-5-4-6-10-21/h4-6,9-10,12,14,19-20,23-26H,7-8,11,13,15-18,31-32H2,1-3H3,(H,33,36)(H,34,37)/b14-12+/t20-,23-,24?,25?,26-,30?/m1/s1. The molecule has 0 aliphatic carbocycles. The molecular weight excluding hydrogens is 544 g/mol. The number of rotatable bonds is 13. The number of hydroxylamine groups is 1. The van der Waals surface area contributed by atoms with Crippen LogP contribution in [0, 0.1) is 23.2 Å². The molecule has 0 saturated carbocycles. The summed E-state index contributed by atoms with van der Waals surface area (Å²) in [7, 11) is 0. The molecule has 0 bridgehead atoms. The molecule has 2 aliphatic rings. The lowest BCUT2D eigenvalue weighted by molar-refractivity contribution is -0.206. The molecule has 11 heteroatoms. The zero-order valence-electron chi connectivity index (χ0n) is 24.2. The molecule has 2 amide bonds. The predicted molar refractivity (Wildman–Crippen MR) is 160 cm³/mol. The van der Waals surface area contributed by atoms with Gasteiger partial charge in [0.15, 0.2) is 12.1 Å². The molecule has 2 fully saturated rings. The van der Waals surface area contributed by atoms with Gasteiger partial charge in [-0.2, -0.15) is 0 Å². The molecule has 2 heterocycles. The van der Waals surface area contributed by atoms with Crippen molar-refractivity contribution >= 4 is 40.8 Å². The van der Waals surface area contributed by atoms with E-state index < -0.39 is 53.3 Å². The van der Waals surface area contributed by atoms with Gasteiger partial charge in [-0.05, 0) is 42.5 Å². The number of Topliss-reactive ketones (excluding diaryl/α,β-unsaturated/α-hetero) is 1. The molecule has 41 heavy (non-hydrogen) atoms. The molecule has 2 saturated heterocycles. The Morgan fingerprint density at radius 1 is 1.12 bits per heavy atom. The molecule has 6 N–H and O–H groups in total. The minimum absolute atomic E-state index is 0.0234. The first-order chi connectivity index (χ1) is 19.6. The first kappa shape index (κ1) is 33.0. The summed E-state index contributed by atoms with van der Waals surface area (Å²) < 4.78 is 11.9. The van der Waals surface area contributed by atoms with E-state index in [-0.39, 0.29) is 25.4 Å². The molecule has 3 unspecified atom stereocenters. The summed E-state index contributed by atoms with van der Waals surface area (Å²) >= 11 is 5.59. The van der Waals surface area contributed by atoms with Gasteiger partial charge in [-0.3, -0.25) is 19.8 Å². The molecule has 1 aromatic carbocycles. The van der Waals surface area contributed by atoms with Gasteiger partial charge < -0.3 is 15.2 Å². The van der Waals surface area contributed by atoms with Crippen LogP contribution in [0.25, 0.3) is 6.08 Å². The van der Waals surface area contributed by atoms with Crippen LogP contribution in [0.4, 0.5) is 0 Å². The van der Waals surface area contributed by atoms with E-state index in [1.54, 1.807) is 19.1 Å². The van der Waals surface area contributed by atoms with Crippen molar-refractivity contribution in [2.75, 3.05) is 13.2 Å². The second kappa shape index (κ2) is 15.6. The van der Waals surface area contributed by atoms with E-state index in [2.05, 4.69) is 10.9 Å². The monoisotopic (exact) mass is 588 g/mol. The molecule has 0 radical (unpaired) electrons. The summed E-state index contributed by atoms with van der Waals surface area (Å²) in [5, 5.41) is 0. The molecule has 6 atom stereocenters. The van der Waals surface area contributed by atoms with Gasteiger partial charge in [0.05, 0.1) is 36.0 Å². The summed E-state index contributed by atoms with van der Waals surface area (Å²) in [6.45, 7) is 6.21. The van der Waals surface area contributed by atoms with Crippen LogP contribution >= 0.6 is 12.2 Å². The van der Waals surface area contributed by atoms with Crippen molar-refractivity contribution in [3.8, 4) is 0 Å². The highest BCUT2D eigenvalue weighted by molar-refractivity contribution is 7.80. The number of hydrazine groups is 1. The first-order valence-electron chi connectivity index (χ1n) is 14.3. The summed E-state index contributed by atoms with van der Waals surface area (Å²) in [6, 6.07) is 8.37. The van der Waals surface area contributed by atoms with Gasteiger partial charge in [0, 0.05) is 25.9 Å². The smallest absolute Gasteiger partial charge is 0.248 e. The molecule has 3 rings (SSSR count). The Labute approximate surface area is 247 Å². The minimum atomic E-state index is -1.69. The molecule has 0 aromatic heterocycles. The number of hydrogen-bond acceptors (Lipinski definition) is 9. The van der Waals surface area contributed by atoms with Crippen molar-refractivity contribution in [3.63, 3.8) is 0 Å². The van der Waals surface area contributed by atoms with Gasteiger partial charge in [0.2, 0.25) is 11.8 Å². The van der Waals surface area contributed by atoms with Crippen LogP contribution in [-0.2, 0) is 28.7 Å². The second-order valence-corrected chi connectivity index (χ2v) is 11.9. The largest absolute Gasteiger partial charge is 0.376 e. The van der Waals surface area contributed by atoms with Gasteiger partial charge in [-0.1, -0.05) is 68.5 Å². The van der Waals surface area contributed by atoms with Crippen molar-refractivity contribution in [1.29, 1.82) is 0 Å². The third-order valence-corrected chi connectivity index (χ3v) is 8.04. The Morgan fingerprint density at radius 3 is 2.44 bits per heavy atom. The van der Waals surface area contributed by atoms with E-state index >= 15 is 0 Å². The topological polar surface area (TPSA) is 155 Å². The van der Waals surface area contributed by atoms with Crippen molar-refractivity contribution in [3.05, 3.63) is 42.0 Å². The fourth-order valence-corrected chi connectivity index (χ4v) is 5.96. The number of carbonyl (C=O) groups is 3. The van der Waals surface area contributed by atoms with E-state index in [0.29, 0.717) is 24.3 Å². The van der Waals surface area contributed by atoms with Gasteiger partial charge in [-0.15, -0.1) is 0 Å². The van der Waals surface area contributed by atoms with Crippen LogP contribution in [0.2, 0.25) is 0 Å². The maximum Gasteiger partial charge on any atom is 0.248 e. The zero-order chi connectivity index (χ0) is 30.0. The molecule has 10 nitrogen and oxygen atoms in total. The first-order valence-corrected chi connectivity index (χ1v) is 14.8. The predicted octanol–water partition coefficient (Wildman–Crippen LogP) is 2.99. The minimum Gasteiger partial charge on any atom is -0.376 e. The highest BCUT2D eigenvalue weighted by atomic mass is 32.1. The van der Waals surface area contributed by atoms with Crippen molar-refractivity contribution in [1.82, 2.24) is 10.9 Å². The summed E-state index contributed by atoms with van der Waals surface area (Å²) in [4.78, 5) is 48.6. The lowest BCUT2D eigenvalue weighted by Crippen LogP contribution is -2.62. The number of benzene rings is 1. The third-order valence-electron chi connectivity index (χ3n) is 7.67. The SMILES string of the molecule is CC(C)C[C@@H](C(=O)NN)[C@H](C(=O)NOC1CCCCO1)C(/C=C/c1ccccc1)(C(=O)[C@@H](C)N)C1CC(=S)CCO1. The van der Waals surface area contributed by atoms with Crippen molar-refractivity contribution in [2.45, 2.75) is 77.7 Å². The van der Waals surface area contributed by atoms with E-state index in [9.17, 15) is 14.4 Å². The second-order valence-electron chi connectivity index (χ2n) is 11.3. The summed E-state index contributed by atoms with van der Waals surface area (Å²) in [5.41, 5.74) is 10.1. The van der Waals surface area contributed by atoms with Crippen molar-refractivity contribution in [2.24, 2.45) is 34.7 Å². The van der Waals surface area contributed by atoms with E-state index in [4.69, 9.17) is 38.1 Å². The fourth-order valence-electron chi connectivity index (χ4n) is 5.72. The molecule has 0 spiro atoms. The highest BCUT2D eigenvalue weighted by Gasteiger charge is 2.58. The van der Waals surface area contributed by atoms with Crippen LogP contribution in [-0.4, -0.2) is 54.1 Å². The van der Waals surface area contributed by atoms with Crippen LogP contribution in [0.5, 0.6) is 0 Å². The number of nitrogens with two attached hydrogens (primary N) is 2. The molecule has 2 aliphatic heterocycles. The maximum absolute atomic E-state index is 14.4. The van der Waals surface area contributed by atoms with Gasteiger partial charge in [0.1, 0.15) is 0 Å². The molecule has 1 aromatic rings. The van der Waals surface area contributed by atoms with Crippen LogP contribution in [0.3, 0.4) is 0 Å². The number of carbonyl (C=O) groups excluding carboxylic acids is 3. The lowest BCUT2D eigenvalue weighted by atomic mass is 9.59. The van der Waals surface area contributed by atoms with Gasteiger partial charge >= 0.3 is 0 Å². The Balaban J connectivity index is 2.24. The van der Waals surface area contributed by atoms with E-state index in [1.165, 1.54) is 0 Å². The molecule has 226 valence electrons. The number of ether oxygens (including phenoxy) is 2. The lowest BCUT2D eigenvalue weighted by Gasteiger charge is -2.46. The third kappa shape index (κ3) is 8.50. The Morgan fingerprint density at radius 2 is 1.85 bits per heavy atom. The van der Waals surface area contributed by atoms with Crippen LogP contribution in [0.1, 0.15) is 64.9 Å². The fraction of sp³-hybridized carbons (Fsp3) is 0.600. The average molecular weight is 589 g/mol. The Kier molecular flexibility index (Phi) is 12.6. The van der Waals surface area contributed by atoms with Gasteiger partial charge in [0.25, 0.3) is 0 Å². The Hall–Kier alpha value is -2.54. The quantitative estimate of drug-likeness (QED) is 0.118. The summed E-state index contributed by atoms with van der Waals surface area (Å²) in [5.74, 6) is 1.60. The van der Waals surface area contributed by atoms with E-state index in [1.807, 2.05) is 44.2 Å². The normalized spacial score (nSPS) is 23.4. The number of ketones is 1. The summed E-state index contributed by atoms with van der Waals surface area (Å²) in [6.07, 6.45) is 5.36.